The Kier molecular flexibility index (Phi) is 5.83. The molecule has 118 valence electrons. The molecule has 0 aliphatic rings. The highest BCUT2D eigenvalue weighted by molar-refractivity contribution is 5.99. The van der Waals surface area contributed by atoms with Crippen LogP contribution in [-0.4, -0.2) is 37.8 Å². The van der Waals surface area contributed by atoms with Crippen molar-refractivity contribution >= 4 is 11.5 Å². The lowest BCUT2D eigenvalue weighted by Crippen LogP contribution is -2.28. The second kappa shape index (κ2) is 7.16. The maximum atomic E-state index is 13.1. The van der Waals surface area contributed by atoms with Crippen LogP contribution in [0.2, 0.25) is 0 Å². The number of benzene rings is 1. The average Bonchev–Trinajstić information content (AvgIpc) is 2.46. The van der Waals surface area contributed by atoms with Crippen molar-refractivity contribution < 1.29 is 23.1 Å². The fourth-order valence-corrected chi connectivity index (χ4v) is 1.91. The SMILES string of the molecule is CCN(CCOC)c1ccc(C(N)=NO)c(C(F)(F)F)c1. The summed E-state index contributed by atoms with van der Waals surface area (Å²) in [4.78, 5) is 1.74. The van der Waals surface area contributed by atoms with Gasteiger partial charge in [-0.1, -0.05) is 5.16 Å². The van der Waals surface area contributed by atoms with Gasteiger partial charge in [-0.2, -0.15) is 13.2 Å². The van der Waals surface area contributed by atoms with Gasteiger partial charge in [-0.25, -0.2) is 0 Å². The van der Waals surface area contributed by atoms with Gasteiger partial charge in [0.15, 0.2) is 5.84 Å². The molecule has 0 spiro atoms. The van der Waals surface area contributed by atoms with Crippen molar-refractivity contribution in [2.75, 3.05) is 31.7 Å². The van der Waals surface area contributed by atoms with Gasteiger partial charge in [0, 0.05) is 31.5 Å². The molecule has 8 heteroatoms. The number of nitrogens with two attached hydrogens (primary N) is 1. The molecule has 0 aromatic heterocycles. The molecule has 1 aromatic carbocycles. The number of likely N-dealkylation sites (N-methyl/N-ethyl adjacent to an activating group) is 1. The smallest absolute Gasteiger partial charge is 0.409 e. The van der Waals surface area contributed by atoms with E-state index in [0.29, 0.717) is 25.4 Å². The number of rotatable bonds is 6. The number of hydrogen-bond acceptors (Lipinski definition) is 4. The third-order valence-electron chi connectivity index (χ3n) is 3.00. The monoisotopic (exact) mass is 305 g/mol. The number of hydrogen-bond donors (Lipinski definition) is 2. The van der Waals surface area contributed by atoms with E-state index in [2.05, 4.69) is 5.16 Å². The molecule has 0 heterocycles. The first-order valence-electron chi connectivity index (χ1n) is 6.28. The molecule has 0 fully saturated rings. The summed E-state index contributed by atoms with van der Waals surface area (Å²) in [5.74, 6) is -0.575. The summed E-state index contributed by atoms with van der Waals surface area (Å²) in [6.07, 6.45) is -4.60. The molecule has 0 saturated heterocycles. The second-order valence-electron chi connectivity index (χ2n) is 4.29. The van der Waals surface area contributed by atoms with Crippen LogP contribution in [0, 0.1) is 0 Å². The highest BCUT2D eigenvalue weighted by Crippen LogP contribution is 2.34. The third kappa shape index (κ3) is 4.25. The minimum Gasteiger partial charge on any atom is -0.409 e. The lowest BCUT2D eigenvalue weighted by Gasteiger charge is -2.24. The van der Waals surface area contributed by atoms with Crippen LogP contribution >= 0.6 is 0 Å². The van der Waals surface area contributed by atoms with Gasteiger partial charge in [-0.3, -0.25) is 0 Å². The number of halogens is 3. The summed E-state index contributed by atoms with van der Waals surface area (Å²) in [6, 6.07) is 3.69. The summed E-state index contributed by atoms with van der Waals surface area (Å²) in [5, 5.41) is 11.2. The number of amidine groups is 1. The van der Waals surface area contributed by atoms with E-state index >= 15 is 0 Å². The molecule has 0 bridgehead atoms. The first-order valence-corrected chi connectivity index (χ1v) is 6.28. The van der Waals surface area contributed by atoms with Gasteiger partial charge in [0.05, 0.1) is 12.2 Å². The van der Waals surface area contributed by atoms with E-state index in [4.69, 9.17) is 15.7 Å². The lowest BCUT2D eigenvalue weighted by molar-refractivity contribution is -0.137. The molecular formula is C13H18F3N3O2. The zero-order chi connectivity index (χ0) is 16.0. The molecule has 21 heavy (non-hydrogen) atoms. The Labute approximate surface area is 120 Å². The van der Waals surface area contributed by atoms with Crippen molar-refractivity contribution in [2.45, 2.75) is 13.1 Å². The maximum absolute atomic E-state index is 13.1. The number of anilines is 1. The number of ether oxygens (including phenoxy) is 1. The summed E-state index contributed by atoms with van der Waals surface area (Å²) < 4.78 is 44.3. The topological polar surface area (TPSA) is 71.1 Å². The Balaban J connectivity index is 3.27. The first-order chi connectivity index (χ1) is 9.85. The van der Waals surface area contributed by atoms with Gasteiger partial charge in [-0.05, 0) is 25.1 Å². The zero-order valence-corrected chi connectivity index (χ0v) is 11.8. The molecular weight excluding hydrogens is 287 g/mol. The molecule has 5 nitrogen and oxygen atoms in total. The summed E-state index contributed by atoms with van der Waals surface area (Å²) in [7, 11) is 1.52. The highest BCUT2D eigenvalue weighted by atomic mass is 19.4. The predicted octanol–water partition coefficient (Wildman–Crippen LogP) is 2.27. The van der Waals surface area contributed by atoms with Crippen molar-refractivity contribution in [1.29, 1.82) is 0 Å². The van der Waals surface area contributed by atoms with Crippen LogP contribution in [0.15, 0.2) is 23.4 Å². The summed E-state index contributed by atoms with van der Waals surface area (Å²) in [5.41, 5.74) is 4.41. The standard InChI is InChI=1S/C13H18F3N3O2/c1-3-19(6-7-21-2)9-4-5-10(12(17)18-20)11(8-9)13(14,15)16/h4-5,8,20H,3,6-7H2,1-2H3,(H2,17,18). The van der Waals surface area contributed by atoms with E-state index in [1.54, 1.807) is 4.90 Å². The lowest BCUT2D eigenvalue weighted by atomic mass is 10.0. The first kappa shape index (κ1) is 17.1. The molecule has 0 aliphatic heterocycles. The molecule has 0 aliphatic carbocycles. The van der Waals surface area contributed by atoms with Crippen LogP contribution in [0.3, 0.4) is 0 Å². The molecule has 1 aromatic rings. The fourth-order valence-electron chi connectivity index (χ4n) is 1.91. The number of nitrogens with zero attached hydrogens (tertiary/aromatic N) is 2. The molecule has 1 rings (SSSR count). The minimum atomic E-state index is -4.60. The fraction of sp³-hybridized carbons (Fsp3) is 0.462. The van der Waals surface area contributed by atoms with E-state index in [-0.39, 0.29) is 5.56 Å². The molecule has 0 unspecified atom stereocenters. The molecule has 0 saturated carbocycles. The second-order valence-corrected chi connectivity index (χ2v) is 4.29. The largest absolute Gasteiger partial charge is 0.417 e. The third-order valence-corrected chi connectivity index (χ3v) is 3.00. The van der Waals surface area contributed by atoms with Crippen LogP contribution in [0.5, 0.6) is 0 Å². The Hall–Kier alpha value is -1.96. The van der Waals surface area contributed by atoms with E-state index in [9.17, 15) is 13.2 Å². The van der Waals surface area contributed by atoms with Crippen LogP contribution in [0.4, 0.5) is 18.9 Å². The zero-order valence-electron chi connectivity index (χ0n) is 11.8. The van der Waals surface area contributed by atoms with Crippen LogP contribution in [0.25, 0.3) is 0 Å². The normalized spacial score (nSPS) is 12.5. The van der Waals surface area contributed by atoms with Crippen molar-refractivity contribution in [1.82, 2.24) is 0 Å². The number of oxime groups is 1. The van der Waals surface area contributed by atoms with Crippen LogP contribution in [-0.2, 0) is 10.9 Å². The van der Waals surface area contributed by atoms with Crippen LogP contribution in [0.1, 0.15) is 18.1 Å². The molecule has 0 amide bonds. The summed E-state index contributed by atoms with van der Waals surface area (Å²) >= 11 is 0. The van der Waals surface area contributed by atoms with Gasteiger partial charge in [-0.15, -0.1) is 0 Å². The number of methoxy groups -OCH3 is 1. The van der Waals surface area contributed by atoms with Crippen LogP contribution < -0.4 is 10.6 Å². The average molecular weight is 305 g/mol. The van der Waals surface area contributed by atoms with Crippen molar-refractivity contribution in [3.05, 3.63) is 29.3 Å². The Morgan fingerprint density at radius 1 is 1.43 bits per heavy atom. The van der Waals surface area contributed by atoms with E-state index in [0.717, 1.165) is 6.07 Å². The van der Waals surface area contributed by atoms with Gasteiger partial charge in [0.2, 0.25) is 0 Å². The Bertz CT molecular complexity index is 504. The van der Waals surface area contributed by atoms with Crippen molar-refractivity contribution in [3.63, 3.8) is 0 Å². The number of alkyl halides is 3. The highest BCUT2D eigenvalue weighted by Gasteiger charge is 2.35. The minimum absolute atomic E-state index is 0.350. The summed E-state index contributed by atoms with van der Waals surface area (Å²) in [6.45, 7) is 3.23. The van der Waals surface area contributed by atoms with E-state index < -0.39 is 17.6 Å². The molecule has 3 N–H and O–H groups in total. The van der Waals surface area contributed by atoms with Crippen molar-refractivity contribution in [3.8, 4) is 0 Å². The van der Waals surface area contributed by atoms with Gasteiger partial charge in [0.25, 0.3) is 0 Å². The predicted molar refractivity (Wildman–Crippen MR) is 73.7 cm³/mol. The molecule has 0 atom stereocenters. The van der Waals surface area contributed by atoms with Gasteiger partial charge in [0.1, 0.15) is 0 Å². The van der Waals surface area contributed by atoms with E-state index in [1.165, 1.54) is 19.2 Å². The maximum Gasteiger partial charge on any atom is 0.417 e. The van der Waals surface area contributed by atoms with Gasteiger partial charge < -0.3 is 20.6 Å². The molecule has 0 radical (unpaired) electrons. The van der Waals surface area contributed by atoms with Gasteiger partial charge >= 0.3 is 6.18 Å². The Morgan fingerprint density at radius 2 is 2.10 bits per heavy atom. The quantitative estimate of drug-likeness (QED) is 0.366. The van der Waals surface area contributed by atoms with E-state index in [1.807, 2.05) is 6.92 Å². The Morgan fingerprint density at radius 3 is 2.57 bits per heavy atom. The van der Waals surface area contributed by atoms with Crippen molar-refractivity contribution in [2.24, 2.45) is 10.9 Å².